The lowest BCUT2D eigenvalue weighted by Crippen LogP contribution is -2.52. The van der Waals surface area contributed by atoms with Crippen molar-refractivity contribution in [1.29, 1.82) is 0 Å². The summed E-state index contributed by atoms with van der Waals surface area (Å²) >= 11 is 0. The van der Waals surface area contributed by atoms with Gasteiger partial charge in [0.1, 0.15) is 6.10 Å². The highest BCUT2D eigenvalue weighted by Gasteiger charge is 2.29. The van der Waals surface area contributed by atoms with Crippen LogP contribution in [0.3, 0.4) is 0 Å². The topological polar surface area (TPSA) is 61.9 Å². The average molecular weight is 311 g/mol. The molecule has 1 N–H and O–H groups in total. The van der Waals surface area contributed by atoms with E-state index >= 15 is 0 Å². The van der Waals surface area contributed by atoms with Crippen LogP contribution in [0, 0.1) is 0 Å². The highest BCUT2D eigenvalue weighted by atomic mass is 16.5. The molecule has 2 aliphatic rings. The Balaban J connectivity index is 1.76. The number of likely N-dealkylation sites (N-methyl/N-ethyl adjacent to an activating group) is 1. The van der Waals surface area contributed by atoms with Crippen molar-refractivity contribution in [1.82, 2.24) is 15.1 Å². The van der Waals surface area contributed by atoms with Crippen molar-refractivity contribution in [3.05, 3.63) is 0 Å². The lowest BCUT2D eigenvalue weighted by molar-refractivity contribution is -0.148. The minimum Gasteiger partial charge on any atom is -0.366 e. The van der Waals surface area contributed by atoms with Crippen molar-refractivity contribution in [2.24, 2.45) is 0 Å². The van der Waals surface area contributed by atoms with Gasteiger partial charge in [-0.1, -0.05) is 25.7 Å². The van der Waals surface area contributed by atoms with E-state index in [0.29, 0.717) is 32.3 Å². The number of amides is 2. The van der Waals surface area contributed by atoms with Crippen LogP contribution in [0.2, 0.25) is 0 Å². The fraction of sp³-hybridized carbons (Fsp3) is 0.875. The molecule has 0 aromatic heterocycles. The summed E-state index contributed by atoms with van der Waals surface area (Å²) in [5, 5.41) is 3.16. The first-order valence-corrected chi connectivity index (χ1v) is 8.40. The van der Waals surface area contributed by atoms with E-state index in [0.717, 1.165) is 12.8 Å². The van der Waals surface area contributed by atoms with Gasteiger partial charge in [0.2, 0.25) is 5.91 Å². The Bertz CT molecular complexity index is 379. The normalized spacial score (nSPS) is 24.5. The van der Waals surface area contributed by atoms with Gasteiger partial charge in [-0.15, -0.1) is 0 Å². The predicted octanol–water partition coefficient (Wildman–Crippen LogP) is 0.614. The van der Waals surface area contributed by atoms with E-state index in [9.17, 15) is 9.59 Å². The number of hydrogen-bond donors (Lipinski definition) is 1. The number of rotatable bonds is 4. The van der Waals surface area contributed by atoms with Crippen molar-refractivity contribution in [2.45, 2.75) is 50.7 Å². The van der Waals surface area contributed by atoms with Gasteiger partial charge in [-0.05, 0) is 12.8 Å². The number of ether oxygens (including phenoxy) is 1. The largest absolute Gasteiger partial charge is 0.366 e. The first-order valence-electron chi connectivity index (χ1n) is 8.40. The van der Waals surface area contributed by atoms with Crippen LogP contribution in [0.25, 0.3) is 0 Å². The molecule has 1 heterocycles. The van der Waals surface area contributed by atoms with E-state index in [1.807, 2.05) is 4.90 Å². The van der Waals surface area contributed by atoms with E-state index in [-0.39, 0.29) is 11.8 Å². The summed E-state index contributed by atoms with van der Waals surface area (Å²) in [7, 11) is 3.45. The van der Waals surface area contributed by atoms with Crippen molar-refractivity contribution >= 4 is 11.8 Å². The van der Waals surface area contributed by atoms with Crippen LogP contribution >= 0.6 is 0 Å². The van der Waals surface area contributed by atoms with Crippen molar-refractivity contribution in [3.63, 3.8) is 0 Å². The van der Waals surface area contributed by atoms with E-state index in [2.05, 4.69) is 5.32 Å². The smallest absolute Gasteiger partial charge is 0.252 e. The van der Waals surface area contributed by atoms with Gasteiger partial charge in [-0.3, -0.25) is 14.5 Å². The monoisotopic (exact) mass is 311 g/mol. The minimum absolute atomic E-state index is 0.0334. The molecule has 126 valence electrons. The zero-order valence-corrected chi connectivity index (χ0v) is 13.8. The van der Waals surface area contributed by atoms with E-state index in [1.54, 1.807) is 19.0 Å². The van der Waals surface area contributed by atoms with Gasteiger partial charge in [0.05, 0.1) is 13.2 Å². The number of carbonyl (C=O) groups excluding carboxylic acids is 2. The molecule has 0 aromatic carbocycles. The van der Waals surface area contributed by atoms with Crippen LogP contribution < -0.4 is 5.32 Å². The second kappa shape index (κ2) is 8.48. The summed E-state index contributed by atoms with van der Waals surface area (Å²) in [6.07, 6.45) is 6.72. The number of morpholine rings is 1. The molecule has 2 rings (SSSR count). The second-order valence-corrected chi connectivity index (χ2v) is 6.58. The highest BCUT2D eigenvalue weighted by Crippen LogP contribution is 2.17. The molecule has 0 spiro atoms. The van der Waals surface area contributed by atoms with Crippen molar-refractivity contribution in [2.75, 3.05) is 40.3 Å². The fourth-order valence-corrected chi connectivity index (χ4v) is 3.18. The average Bonchev–Trinajstić information content (AvgIpc) is 2.75. The second-order valence-electron chi connectivity index (χ2n) is 6.58. The summed E-state index contributed by atoms with van der Waals surface area (Å²) < 4.78 is 5.51. The van der Waals surface area contributed by atoms with E-state index in [4.69, 9.17) is 4.74 Å². The molecule has 6 heteroatoms. The molecule has 0 unspecified atom stereocenters. The van der Waals surface area contributed by atoms with Crippen LogP contribution in [-0.2, 0) is 14.3 Å². The Morgan fingerprint density at radius 2 is 1.86 bits per heavy atom. The Morgan fingerprint density at radius 1 is 1.18 bits per heavy atom. The minimum atomic E-state index is -0.450. The van der Waals surface area contributed by atoms with Crippen molar-refractivity contribution < 1.29 is 14.3 Å². The molecule has 2 amide bonds. The maximum atomic E-state index is 12.2. The highest BCUT2D eigenvalue weighted by molar-refractivity contribution is 5.81. The summed E-state index contributed by atoms with van der Waals surface area (Å²) in [5.41, 5.74) is 0. The lowest BCUT2D eigenvalue weighted by Gasteiger charge is -2.33. The summed E-state index contributed by atoms with van der Waals surface area (Å²) in [4.78, 5) is 27.7. The number of carbonyl (C=O) groups is 2. The quantitative estimate of drug-likeness (QED) is 0.773. The molecule has 1 aliphatic carbocycles. The SMILES string of the molecule is CN(C)C(=O)[C@H]1CN(CC(=O)NC2CCCCCC2)CCO1. The Morgan fingerprint density at radius 3 is 2.50 bits per heavy atom. The van der Waals surface area contributed by atoms with Gasteiger partial charge in [-0.25, -0.2) is 0 Å². The molecule has 6 nitrogen and oxygen atoms in total. The van der Waals surface area contributed by atoms with Crippen LogP contribution in [0.5, 0.6) is 0 Å². The molecule has 0 radical (unpaired) electrons. The summed E-state index contributed by atoms with van der Waals surface area (Å²) in [6.45, 7) is 2.06. The van der Waals surface area contributed by atoms with Gasteiger partial charge in [0, 0.05) is 33.2 Å². The molecule has 1 aliphatic heterocycles. The number of nitrogens with one attached hydrogen (secondary N) is 1. The Kier molecular flexibility index (Phi) is 6.64. The van der Waals surface area contributed by atoms with Gasteiger partial charge in [-0.2, -0.15) is 0 Å². The van der Waals surface area contributed by atoms with E-state index in [1.165, 1.54) is 25.7 Å². The van der Waals surface area contributed by atoms with Crippen LogP contribution in [0.1, 0.15) is 38.5 Å². The van der Waals surface area contributed by atoms with Gasteiger partial charge in [0.15, 0.2) is 0 Å². The fourth-order valence-electron chi connectivity index (χ4n) is 3.18. The third kappa shape index (κ3) is 5.25. The molecular formula is C16H29N3O3. The molecule has 1 saturated heterocycles. The van der Waals surface area contributed by atoms with Crippen LogP contribution in [0.15, 0.2) is 0 Å². The summed E-state index contributed by atoms with van der Waals surface area (Å²) in [6, 6.07) is 0.329. The maximum Gasteiger partial charge on any atom is 0.252 e. The van der Waals surface area contributed by atoms with Crippen LogP contribution in [0.4, 0.5) is 0 Å². The lowest BCUT2D eigenvalue weighted by atomic mass is 10.1. The molecule has 22 heavy (non-hydrogen) atoms. The zero-order valence-electron chi connectivity index (χ0n) is 13.8. The predicted molar refractivity (Wildman–Crippen MR) is 84.5 cm³/mol. The van der Waals surface area contributed by atoms with Gasteiger partial charge in [0.25, 0.3) is 5.91 Å². The van der Waals surface area contributed by atoms with Gasteiger partial charge < -0.3 is 15.0 Å². The first kappa shape index (κ1) is 17.2. The molecule has 1 saturated carbocycles. The Hall–Kier alpha value is -1.14. The van der Waals surface area contributed by atoms with Crippen molar-refractivity contribution in [3.8, 4) is 0 Å². The number of hydrogen-bond acceptors (Lipinski definition) is 4. The first-order chi connectivity index (χ1) is 10.6. The van der Waals surface area contributed by atoms with Gasteiger partial charge >= 0.3 is 0 Å². The zero-order chi connectivity index (χ0) is 15.9. The summed E-state index contributed by atoms with van der Waals surface area (Å²) in [5.74, 6) is 0.0405. The maximum absolute atomic E-state index is 12.2. The van der Waals surface area contributed by atoms with E-state index < -0.39 is 6.10 Å². The third-order valence-electron chi connectivity index (χ3n) is 4.45. The number of nitrogens with zero attached hydrogens (tertiary/aromatic N) is 2. The van der Waals surface area contributed by atoms with Crippen LogP contribution in [-0.4, -0.2) is 74.1 Å². The Labute approximate surface area is 133 Å². The molecule has 2 fully saturated rings. The standard InChI is InChI=1S/C16H29N3O3/c1-18(2)16(21)14-11-19(9-10-22-14)12-15(20)17-13-7-5-3-4-6-8-13/h13-14H,3-12H2,1-2H3,(H,17,20)/t14-/m1/s1. The molecule has 0 aromatic rings. The third-order valence-corrected chi connectivity index (χ3v) is 4.45. The molecular weight excluding hydrogens is 282 g/mol. The molecule has 0 bridgehead atoms. The molecule has 1 atom stereocenters.